The zero-order chi connectivity index (χ0) is 17.6. The first kappa shape index (κ1) is 16.7. The topological polar surface area (TPSA) is 161 Å². The van der Waals surface area contributed by atoms with Crippen LogP contribution in [0, 0.1) is 0 Å². The van der Waals surface area contributed by atoms with Gasteiger partial charge in [0.2, 0.25) is 0 Å². The van der Waals surface area contributed by atoms with Crippen LogP contribution in [0.5, 0.6) is 11.5 Å². The average molecular weight is 340 g/mol. The minimum atomic E-state index is -1.71. The number of aliphatic hydroxyl groups excluding tert-OH is 4. The lowest BCUT2D eigenvalue weighted by Crippen LogP contribution is -2.55. The number of phenols is 2. The molecule has 1 aliphatic heterocycles. The van der Waals surface area contributed by atoms with Crippen molar-refractivity contribution < 1.29 is 39.8 Å². The maximum atomic E-state index is 11.9. The first-order valence-corrected chi connectivity index (χ1v) is 7.13. The predicted octanol–water partition coefficient (Wildman–Crippen LogP) is -1.28. The standard InChI is InChI=1S/C15H16O9/c16-4-8-11(19)13(21)14(22)15(24-8)10-6(18)3-7-9(12(10)20)5(17)1-2-23-7/h1-3,8,11,13-16,18-22H,4H2/t8-,11-,13+,14+,15-/m1/s1. The van der Waals surface area contributed by atoms with Crippen LogP contribution in [0.2, 0.25) is 0 Å². The first-order chi connectivity index (χ1) is 11.4. The molecule has 1 fully saturated rings. The summed E-state index contributed by atoms with van der Waals surface area (Å²) in [6.45, 7) is -0.668. The lowest BCUT2D eigenvalue weighted by molar-refractivity contribution is -0.232. The van der Waals surface area contributed by atoms with Gasteiger partial charge in [0.1, 0.15) is 53.0 Å². The van der Waals surface area contributed by atoms with Crippen molar-refractivity contribution in [3.05, 3.63) is 34.2 Å². The summed E-state index contributed by atoms with van der Waals surface area (Å²) in [6.07, 6.45) is -6.61. The fourth-order valence-corrected chi connectivity index (χ4v) is 2.85. The second-order valence-electron chi connectivity index (χ2n) is 5.57. The van der Waals surface area contributed by atoms with Crippen LogP contribution in [-0.2, 0) is 4.74 Å². The van der Waals surface area contributed by atoms with Gasteiger partial charge in [0.05, 0.1) is 18.4 Å². The molecule has 6 N–H and O–H groups in total. The van der Waals surface area contributed by atoms with Gasteiger partial charge in [0, 0.05) is 12.1 Å². The molecule has 1 aromatic carbocycles. The summed E-state index contributed by atoms with van der Waals surface area (Å²) < 4.78 is 10.4. The molecule has 1 aliphatic rings. The normalized spacial score (nSPS) is 30.6. The Bertz CT molecular complexity index is 812. The van der Waals surface area contributed by atoms with Gasteiger partial charge in [-0.2, -0.15) is 0 Å². The molecule has 5 atom stereocenters. The van der Waals surface area contributed by atoms with Crippen molar-refractivity contribution in [2.45, 2.75) is 30.5 Å². The van der Waals surface area contributed by atoms with Crippen molar-refractivity contribution in [3.63, 3.8) is 0 Å². The highest BCUT2D eigenvalue weighted by Gasteiger charge is 2.46. The molecule has 0 bridgehead atoms. The third-order valence-corrected chi connectivity index (χ3v) is 4.12. The van der Waals surface area contributed by atoms with Gasteiger partial charge in [-0.25, -0.2) is 0 Å². The summed E-state index contributed by atoms with van der Waals surface area (Å²) in [7, 11) is 0. The van der Waals surface area contributed by atoms with Crippen LogP contribution in [0.1, 0.15) is 11.7 Å². The maximum absolute atomic E-state index is 11.9. The Morgan fingerprint density at radius 1 is 1.08 bits per heavy atom. The van der Waals surface area contributed by atoms with E-state index in [-0.39, 0.29) is 16.5 Å². The van der Waals surface area contributed by atoms with E-state index in [1.807, 2.05) is 0 Å². The lowest BCUT2D eigenvalue weighted by atomic mass is 9.89. The highest BCUT2D eigenvalue weighted by molar-refractivity contribution is 5.86. The Kier molecular flexibility index (Phi) is 4.20. The predicted molar refractivity (Wildman–Crippen MR) is 78.5 cm³/mol. The van der Waals surface area contributed by atoms with Gasteiger partial charge in [-0.1, -0.05) is 0 Å². The van der Waals surface area contributed by atoms with E-state index in [0.717, 1.165) is 18.4 Å². The zero-order valence-corrected chi connectivity index (χ0v) is 12.2. The van der Waals surface area contributed by atoms with Crippen LogP contribution in [0.3, 0.4) is 0 Å². The Morgan fingerprint density at radius 3 is 2.46 bits per heavy atom. The summed E-state index contributed by atoms with van der Waals surface area (Å²) in [5.74, 6) is -1.22. The number of phenolic OH excluding ortho intramolecular Hbond substituents is 2. The molecule has 1 saturated heterocycles. The van der Waals surface area contributed by atoms with Crippen LogP contribution in [0.4, 0.5) is 0 Å². The van der Waals surface area contributed by atoms with Crippen molar-refractivity contribution in [3.8, 4) is 11.5 Å². The summed E-state index contributed by atoms with van der Waals surface area (Å²) in [5.41, 5.74) is -1.01. The number of hydrogen-bond acceptors (Lipinski definition) is 9. The van der Waals surface area contributed by atoms with E-state index in [2.05, 4.69) is 0 Å². The number of rotatable bonds is 2. The maximum Gasteiger partial charge on any atom is 0.196 e. The van der Waals surface area contributed by atoms with Crippen molar-refractivity contribution >= 4 is 11.0 Å². The Hall–Kier alpha value is -2.17. The molecule has 0 radical (unpaired) electrons. The van der Waals surface area contributed by atoms with Crippen molar-refractivity contribution in [2.75, 3.05) is 6.61 Å². The fraction of sp³-hybridized carbons (Fsp3) is 0.400. The van der Waals surface area contributed by atoms with Crippen LogP contribution in [-0.4, -0.2) is 61.7 Å². The number of fused-ring (bicyclic) bond motifs is 1. The molecule has 130 valence electrons. The fourth-order valence-electron chi connectivity index (χ4n) is 2.85. The van der Waals surface area contributed by atoms with Gasteiger partial charge >= 0.3 is 0 Å². The molecule has 2 aromatic rings. The number of hydrogen-bond donors (Lipinski definition) is 6. The number of aliphatic hydroxyl groups is 4. The Balaban J connectivity index is 2.18. The molecule has 3 rings (SSSR count). The SMILES string of the molecule is O=c1ccoc2cc(O)c([C@H]3O[C@H](CO)[C@@H](O)[C@H](O)[C@@H]3O)c(O)c12. The monoisotopic (exact) mass is 340 g/mol. The van der Waals surface area contributed by atoms with E-state index in [4.69, 9.17) is 9.15 Å². The summed E-state index contributed by atoms with van der Waals surface area (Å²) >= 11 is 0. The largest absolute Gasteiger partial charge is 0.507 e. The first-order valence-electron chi connectivity index (χ1n) is 7.13. The smallest absolute Gasteiger partial charge is 0.196 e. The molecule has 0 aliphatic carbocycles. The molecule has 0 amide bonds. The second kappa shape index (κ2) is 6.04. The molecular weight excluding hydrogens is 324 g/mol. The van der Waals surface area contributed by atoms with E-state index < -0.39 is 54.1 Å². The third kappa shape index (κ3) is 2.43. The zero-order valence-electron chi connectivity index (χ0n) is 12.2. The van der Waals surface area contributed by atoms with Gasteiger partial charge in [-0.05, 0) is 0 Å². The van der Waals surface area contributed by atoms with Gasteiger partial charge < -0.3 is 39.8 Å². The number of ether oxygens (including phenoxy) is 1. The van der Waals surface area contributed by atoms with Gasteiger partial charge in [-0.3, -0.25) is 4.79 Å². The average Bonchev–Trinajstić information content (AvgIpc) is 2.54. The molecule has 24 heavy (non-hydrogen) atoms. The summed E-state index contributed by atoms with van der Waals surface area (Å²) in [4.78, 5) is 11.9. The summed E-state index contributed by atoms with van der Waals surface area (Å²) in [5, 5.41) is 59.3. The van der Waals surface area contributed by atoms with Crippen molar-refractivity contribution in [1.82, 2.24) is 0 Å². The van der Waals surface area contributed by atoms with Gasteiger partial charge in [0.15, 0.2) is 5.43 Å². The molecular formula is C15H16O9. The van der Waals surface area contributed by atoms with Gasteiger partial charge in [-0.15, -0.1) is 0 Å². The Morgan fingerprint density at radius 2 is 1.79 bits per heavy atom. The second-order valence-corrected chi connectivity index (χ2v) is 5.57. The molecule has 9 nitrogen and oxygen atoms in total. The quantitative estimate of drug-likeness (QED) is 0.391. The Labute approximate surface area is 134 Å². The van der Waals surface area contributed by atoms with Crippen molar-refractivity contribution in [2.24, 2.45) is 0 Å². The summed E-state index contributed by atoms with van der Waals surface area (Å²) in [6, 6.07) is 2.13. The molecule has 9 heteroatoms. The van der Waals surface area contributed by atoms with E-state index in [9.17, 15) is 35.4 Å². The van der Waals surface area contributed by atoms with E-state index >= 15 is 0 Å². The molecule has 2 heterocycles. The van der Waals surface area contributed by atoms with E-state index in [0.29, 0.717) is 0 Å². The lowest BCUT2D eigenvalue weighted by Gasteiger charge is -2.40. The van der Waals surface area contributed by atoms with E-state index in [1.165, 1.54) is 0 Å². The number of aromatic hydroxyl groups is 2. The minimum absolute atomic E-state index is 0.0779. The van der Waals surface area contributed by atoms with E-state index in [1.54, 1.807) is 0 Å². The van der Waals surface area contributed by atoms with Crippen LogP contribution in [0.15, 0.2) is 27.6 Å². The van der Waals surface area contributed by atoms with Crippen LogP contribution < -0.4 is 5.43 Å². The van der Waals surface area contributed by atoms with Crippen LogP contribution >= 0.6 is 0 Å². The highest BCUT2D eigenvalue weighted by atomic mass is 16.5. The third-order valence-electron chi connectivity index (χ3n) is 4.12. The van der Waals surface area contributed by atoms with Crippen LogP contribution in [0.25, 0.3) is 11.0 Å². The van der Waals surface area contributed by atoms with Gasteiger partial charge in [0.25, 0.3) is 0 Å². The highest BCUT2D eigenvalue weighted by Crippen LogP contribution is 2.43. The molecule has 0 unspecified atom stereocenters. The molecule has 0 saturated carbocycles. The molecule has 1 aromatic heterocycles. The minimum Gasteiger partial charge on any atom is -0.507 e. The number of benzene rings is 1. The molecule has 0 spiro atoms. The van der Waals surface area contributed by atoms with Crippen molar-refractivity contribution in [1.29, 1.82) is 0 Å².